The number of rotatable bonds is 6. The van der Waals surface area contributed by atoms with E-state index in [4.69, 9.17) is 9.47 Å². The van der Waals surface area contributed by atoms with Crippen molar-refractivity contribution in [3.05, 3.63) is 52.6 Å². The number of carbonyl (C=O) groups excluding carboxylic acids is 1. The smallest absolute Gasteiger partial charge is 0.312 e. The van der Waals surface area contributed by atoms with Gasteiger partial charge in [-0.3, -0.25) is 14.9 Å². The number of morpholine rings is 1. The van der Waals surface area contributed by atoms with Gasteiger partial charge in [0.1, 0.15) is 5.75 Å². The normalized spacial score (nSPS) is 17.4. The fraction of sp³-hybridized carbons (Fsp3) is 0.409. The molecule has 12 heteroatoms. The number of benzene rings is 2. The molecule has 1 amide bonds. The molecule has 0 unspecified atom stereocenters. The zero-order chi connectivity index (χ0) is 24.3. The summed E-state index contributed by atoms with van der Waals surface area (Å²) in [6.45, 7) is 5.25. The lowest BCUT2D eigenvalue weighted by Gasteiger charge is -2.35. The fourth-order valence-electron chi connectivity index (χ4n) is 3.95. The van der Waals surface area contributed by atoms with Crippen molar-refractivity contribution in [2.75, 3.05) is 57.4 Å². The minimum absolute atomic E-state index is 0.0475. The van der Waals surface area contributed by atoms with E-state index in [1.165, 1.54) is 16.4 Å². The van der Waals surface area contributed by atoms with E-state index in [9.17, 15) is 23.3 Å². The molecule has 2 heterocycles. The van der Waals surface area contributed by atoms with Crippen LogP contribution in [0, 0.1) is 10.1 Å². The second kappa shape index (κ2) is 9.95. The first-order chi connectivity index (χ1) is 16.3. The van der Waals surface area contributed by atoms with Crippen LogP contribution in [0.1, 0.15) is 6.92 Å². The van der Waals surface area contributed by atoms with E-state index < -0.39 is 20.6 Å². The minimum Gasteiger partial charge on any atom is -0.450 e. The number of nitro groups is 1. The molecule has 2 saturated heterocycles. The van der Waals surface area contributed by atoms with Crippen LogP contribution < -0.4 is 9.64 Å². The first-order valence-corrected chi connectivity index (χ1v) is 12.3. The number of nitro benzene ring substituents is 1. The highest BCUT2D eigenvalue weighted by molar-refractivity contribution is 7.89. The summed E-state index contributed by atoms with van der Waals surface area (Å²) < 4.78 is 37.9. The SMILES string of the molecule is CC(=O)N1CCN(c2ccc(Oc3ccc(S(=O)(=O)N4CCOCC4)cc3[N+](=O)[O-])cc2)CC1. The summed E-state index contributed by atoms with van der Waals surface area (Å²) in [6.07, 6.45) is 0. The Balaban J connectivity index is 1.49. The molecule has 0 bridgehead atoms. The highest BCUT2D eigenvalue weighted by Crippen LogP contribution is 2.35. The molecule has 0 aromatic heterocycles. The quantitative estimate of drug-likeness (QED) is 0.446. The maximum absolute atomic E-state index is 12.9. The molecular weight excluding hydrogens is 464 g/mol. The molecule has 0 aliphatic carbocycles. The second-order valence-electron chi connectivity index (χ2n) is 7.99. The highest BCUT2D eigenvalue weighted by atomic mass is 32.2. The lowest BCUT2D eigenvalue weighted by atomic mass is 10.2. The van der Waals surface area contributed by atoms with Gasteiger partial charge in [0.05, 0.1) is 23.0 Å². The first-order valence-electron chi connectivity index (χ1n) is 10.9. The number of sulfonamides is 1. The number of hydrogen-bond acceptors (Lipinski definition) is 8. The van der Waals surface area contributed by atoms with Crippen molar-refractivity contribution in [1.82, 2.24) is 9.21 Å². The van der Waals surface area contributed by atoms with E-state index in [0.29, 0.717) is 31.9 Å². The Hall–Kier alpha value is -3.22. The molecular formula is C22H26N4O7S. The van der Waals surface area contributed by atoms with Crippen LogP contribution in [0.25, 0.3) is 0 Å². The van der Waals surface area contributed by atoms with E-state index in [1.54, 1.807) is 24.0 Å². The van der Waals surface area contributed by atoms with Gasteiger partial charge >= 0.3 is 5.69 Å². The Morgan fingerprint density at radius 3 is 2.24 bits per heavy atom. The number of hydrogen-bond donors (Lipinski definition) is 0. The lowest BCUT2D eigenvalue weighted by Crippen LogP contribution is -2.48. The highest BCUT2D eigenvalue weighted by Gasteiger charge is 2.29. The Bertz CT molecular complexity index is 1160. The van der Waals surface area contributed by atoms with Crippen molar-refractivity contribution < 1.29 is 27.6 Å². The van der Waals surface area contributed by atoms with E-state index in [0.717, 1.165) is 11.8 Å². The van der Waals surface area contributed by atoms with Crippen LogP contribution in [0.5, 0.6) is 11.5 Å². The third-order valence-electron chi connectivity index (χ3n) is 5.89. The molecule has 2 aliphatic rings. The largest absolute Gasteiger partial charge is 0.450 e. The summed E-state index contributed by atoms with van der Waals surface area (Å²) in [5, 5.41) is 11.7. The molecule has 2 fully saturated rings. The van der Waals surface area contributed by atoms with E-state index >= 15 is 0 Å². The summed E-state index contributed by atoms with van der Waals surface area (Å²) >= 11 is 0. The molecule has 0 atom stereocenters. The zero-order valence-electron chi connectivity index (χ0n) is 18.8. The maximum atomic E-state index is 12.9. The number of carbonyl (C=O) groups is 1. The van der Waals surface area contributed by atoms with Gasteiger partial charge in [-0.1, -0.05) is 0 Å². The maximum Gasteiger partial charge on any atom is 0.312 e. The predicted octanol–water partition coefficient (Wildman–Crippen LogP) is 2.08. The van der Waals surface area contributed by atoms with Crippen LogP contribution in [0.2, 0.25) is 0 Å². The summed E-state index contributed by atoms with van der Waals surface area (Å²) in [5.74, 6) is 0.403. The lowest BCUT2D eigenvalue weighted by molar-refractivity contribution is -0.385. The molecule has 0 N–H and O–H groups in total. The van der Waals surface area contributed by atoms with E-state index in [-0.39, 0.29) is 42.9 Å². The second-order valence-corrected chi connectivity index (χ2v) is 9.93. The molecule has 0 spiro atoms. The molecule has 34 heavy (non-hydrogen) atoms. The van der Waals surface area contributed by atoms with Crippen molar-refractivity contribution in [3.63, 3.8) is 0 Å². The van der Waals surface area contributed by atoms with Crippen molar-refractivity contribution in [2.45, 2.75) is 11.8 Å². The summed E-state index contributed by atoms with van der Waals surface area (Å²) in [4.78, 5) is 26.3. The Morgan fingerprint density at radius 1 is 1.00 bits per heavy atom. The van der Waals surface area contributed by atoms with Crippen LogP contribution >= 0.6 is 0 Å². The average Bonchev–Trinajstić information content (AvgIpc) is 2.85. The first kappa shape index (κ1) is 23.9. The Kier molecular flexibility index (Phi) is 7.00. The van der Waals surface area contributed by atoms with Gasteiger partial charge in [0.15, 0.2) is 0 Å². The van der Waals surface area contributed by atoms with Gasteiger partial charge < -0.3 is 19.3 Å². The van der Waals surface area contributed by atoms with Crippen molar-refractivity contribution in [1.29, 1.82) is 0 Å². The van der Waals surface area contributed by atoms with Crippen LogP contribution in [-0.2, 0) is 19.6 Å². The van der Waals surface area contributed by atoms with Crippen molar-refractivity contribution in [2.24, 2.45) is 0 Å². The molecule has 2 aromatic rings. The van der Waals surface area contributed by atoms with Gasteiger partial charge in [0, 0.05) is 57.9 Å². The van der Waals surface area contributed by atoms with Gasteiger partial charge in [-0.05, 0) is 36.4 Å². The zero-order valence-corrected chi connectivity index (χ0v) is 19.6. The molecule has 4 rings (SSSR count). The summed E-state index contributed by atoms with van der Waals surface area (Å²) in [7, 11) is -3.87. The Morgan fingerprint density at radius 2 is 1.65 bits per heavy atom. The van der Waals surface area contributed by atoms with Crippen molar-refractivity contribution in [3.8, 4) is 11.5 Å². The third kappa shape index (κ3) is 5.13. The number of ether oxygens (including phenoxy) is 2. The number of nitrogens with zero attached hydrogens (tertiary/aromatic N) is 4. The average molecular weight is 491 g/mol. The molecule has 0 radical (unpaired) electrons. The monoisotopic (exact) mass is 490 g/mol. The summed E-state index contributed by atoms with van der Waals surface area (Å²) in [5.41, 5.74) is 0.524. The van der Waals surface area contributed by atoms with Crippen molar-refractivity contribution >= 4 is 27.3 Å². The van der Waals surface area contributed by atoms with Gasteiger partial charge in [-0.2, -0.15) is 4.31 Å². The predicted molar refractivity (Wildman–Crippen MR) is 124 cm³/mol. The van der Waals surface area contributed by atoms with Gasteiger partial charge in [-0.15, -0.1) is 0 Å². The fourth-order valence-corrected chi connectivity index (χ4v) is 5.38. The molecule has 2 aromatic carbocycles. The molecule has 2 aliphatic heterocycles. The molecule has 0 saturated carbocycles. The number of anilines is 1. The standard InChI is InChI=1S/C22H26N4O7S/c1-17(27)23-8-10-24(11-9-23)18-2-4-19(5-3-18)33-22-7-6-20(16-21(22)26(28)29)34(30,31)25-12-14-32-15-13-25/h2-7,16H,8-15H2,1H3. The molecule has 11 nitrogen and oxygen atoms in total. The van der Waals surface area contributed by atoms with Crippen LogP contribution in [0.4, 0.5) is 11.4 Å². The van der Waals surface area contributed by atoms with Gasteiger partial charge in [0.25, 0.3) is 0 Å². The van der Waals surface area contributed by atoms with Crippen LogP contribution in [0.3, 0.4) is 0 Å². The van der Waals surface area contributed by atoms with Crippen LogP contribution in [0.15, 0.2) is 47.4 Å². The van der Waals surface area contributed by atoms with E-state index in [2.05, 4.69) is 4.90 Å². The number of amides is 1. The minimum atomic E-state index is -3.87. The Labute approximate surface area is 197 Å². The molecule has 182 valence electrons. The van der Waals surface area contributed by atoms with E-state index in [1.807, 2.05) is 12.1 Å². The third-order valence-corrected chi connectivity index (χ3v) is 7.78. The van der Waals surface area contributed by atoms with Gasteiger partial charge in [-0.25, -0.2) is 8.42 Å². The number of piperazine rings is 1. The van der Waals surface area contributed by atoms with Gasteiger partial charge in [0.2, 0.25) is 21.7 Å². The topological polar surface area (TPSA) is 123 Å². The van der Waals surface area contributed by atoms with Crippen LogP contribution in [-0.4, -0.2) is 80.9 Å². The summed E-state index contributed by atoms with van der Waals surface area (Å²) in [6, 6.07) is 10.8.